The molecule has 128 valence electrons. The minimum Gasteiger partial charge on any atom is -0.326 e. The van der Waals surface area contributed by atoms with E-state index in [4.69, 9.17) is 11.6 Å². The number of halogens is 1. The van der Waals surface area contributed by atoms with Crippen LogP contribution in [0.3, 0.4) is 0 Å². The Morgan fingerprint density at radius 1 is 1.17 bits per heavy atom. The van der Waals surface area contributed by atoms with E-state index in [2.05, 4.69) is 5.32 Å². The number of hydrogen-bond donors (Lipinski definition) is 1. The summed E-state index contributed by atoms with van der Waals surface area (Å²) >= 11 is 7.04. The van der Waals surface area contributed by atoms with E-state index in [1.807, 2.05) is 0 Å². The van der Waals surface area contributed by atoms with Crippen LogP contribution in [0.25, 0.3) is 0 Å². The van der Waals surface area contributed by atoms with Crippen LogP contribution in [0.15, 0.2) is 46.0 Å². The summed E-state index contributed by atoms with van der Waals surface area (Å²) in [5.41, 5.74) is 0.693. The molecular formula is C16H17ClN2O3S2. The molecule has 1 aromatic heterocycles. The van der Waals surface area contributed by atoms with Crippen LogP contribution < -0.4 is 5.32 Å². The van der Waals surface area contributed by atoms with Gasteiger partial charge in [0.2, 0.25) is 5.91 Å². The zero-order valence-corrected chi connectivity index (χ0v) is 15.2. The lowest BCUT2D eigenvalue weighted by molar-refractivity contribution is -0.120. The first-order valence-electron chi connectivity index (χ1n) is 7.57. The highest BCUT2D eigenvalue weighted by molar-refractivity contribution is 7.91. The summed E-state index contributed by atoms with van der Waals surface area (Å²) in [6.07, 6.45) is 1.04. The fourth-order valence-corrected chi connectivity index (χ4v) is 5.41. The molecule has 0 unspecified atom stereocenters. The van der Waals surface area contributed by atoms with Crippen molar-refractivity contribution in [1.82, 2.24) is 4.31 Å². The number of anilines is 1. The molecule has 2 aromatic rings. The lowest BCUT2D eigenvalue weighted by atomic mass is 9.97. The molecular weight excluding hydrogens is 368 g/mol. The fraction of sp³-hybridized carbons (Fsp3) is 0.312. The number of nitrogens with one attached hydrogen (secondary N) is 1. The van der Waals surface area contributed by atoms with E-state index in [9.17, 15) is 13.2 Å². The van der Waals surface area contributed by atoms with Crippen molar-refractivity contribution in [2.24, 2.45) is 5.92 Å². The van der Waals surface area contributed by atoms with Crippen LogP contribution in [-0.2, 0) is 14.8 Å². The van der Waals surface area contributed by atoms with Crippen molar-refractivity contribution in [2.45, 2.75) is 17.1 Å². The van der Waals surface area contributed by atoms with Gasteiger partial charge in [-0.1, -0.05) is 17.7 Å². The zero-order chi connectivity index (χ0) is 17.2. The van der Waals surface area contributed by atoms with Crippen LogP contribution in [-0.4, -0.2) is 31.7 Å². The third kappa shape index (κ3) is 3.80. The van der Waals surface area contributed by atoms with Gasteiger partial charge in [0, 0.05) is 29.7 Å². The van der Waals surface area contributed by atoms with Gasteiger partial charge in [0.25, 0.3) is 10.0 Å². The van der Waals surface area contributed by atoms with E-state index in [0.717, 1.165) is 0 Å². The summed E-state index contributed by atoms with van der Waals surface area (Å²) in [4.78, 5) is 12.3. The van der Waals surface area contributed by atoms with Crippen LogP contribution >= 0.6 is 22.9 Å². The summed E-state index contributed by atoms with van der Waals surface area (Å²) in [6, 6.07) is 10.3. The zero-order valence-electron chi connectivity index (χ0n) is 12.8. The molecule has 0 atom stereocenters. The molecule has 2 heterocycles. The number of amides is 1. The fourth-order valence-electron chi connectivity index (χ4n) is 2.67. The highest BCUT2D eigenvalue weighted by Gasteiger charge is 2.32. The Morgan fingerprint density at radius 3 is 2.42 bits per heavy atom. The number of carbonyl (C=O) groups excluding carboxylic acids is 1. The quantitative estimate of drug-likeness (QED) is 0.878. The minimum atomic E-state index is -3.43. The van der Waals surface area contributed by atoms with Crippen LogP contribution in [0.2, 0.25) is 5.02 Å². The molecule has 1 aromatic carbocycles. The Kier molecular flexibility index (Phi) is 5.24. The van der Waals surface area contributed by atoms with Crippen molar-refractivity contribution >= 4 is 44.6 Å². The maximum Gasteiger partial charge on any atom is 0.252 e. The number of thiophene rings is 1. The van der Waals surface area contributed by atoms with Gasteiger partial charge >= 0.3 is 0 Å². The van der Waals surface area contributed by atoms with Crippen LogP contribution in [0.4, 0.5) is 5.69 Å². The van der Waals surface area contributed by atoms with Crippen molar-refractivity contribution in [1.29, 1.82) is 0 Å². The molecule has 5 nitrogen and oxygen atoms in total. The summed E-state index contributed by atoms with van der Waals surface area (Å²) in [5.74, 6) is -0.263. The summed E-state index contributed by atoms with van der Waals surface area (Å²) < 4.78 is 26.8. The molecule has 1 aliphatic heterocycles. The summed E-state index contributed by atoms with van der Waals surface area (Å²) in [6.45, 7) is 0.720. The highest BCUT2D eigenvalue weighted by atomic mass is 35.5. The monoisotopic (exact) mass is 384 g/mol. The standard InChI is InChI=1S/C16H17ClN2O3S2/c17-13-3-5-14(6-4-13)18-16(20)12-7-9-19(10-8-12)24(21,22)15-2-1-11-23-15/h1-6,11-12H,7-10H2,(H,18,20). The van der Waals surface area contributed by atoms with Gasteiger partial charge in [0.1, 0.15) is 4.21 Å². The van der Waals surface area contributed by atoms with Gasteiger partial charge < -0.3 is 5.32 Å². The average molecular weight is 385 g/mol. The second kappa shape index (κ2) is 7.23. The van der Waals surface area contributed by atoms with Crippen molar-refractivity contribution in [3.8, 4) is 0 Å². The molecule has 3 rings (SSSR count). The molecule has 0 spiro atoms. The number of carbonyl (C=O) groups is 1. The smallest absolute Gasteiger partial charge is 0.252 e. The van der Waals surface area contributed by atoms with Gasteiger partial charge in [0.15, 0.2) is 0 Å². The number of piperidine rings is 1. The number of benzene rings is 1. The molecule has 8 heteroatoms. The van der Waals surface area contributed by atoms with E-state index >= 15 is 0 Å². The first kappa shape index (κ1) is 17.4. The molecule has 1 aliphatic rings. The van der Waals surface area contributed by atoms with Crippen LogP contribution in [0, 0.1) is 5.92 Å². The van der Waals surface area contributed by atoms with Crippen molar-refractivity contribution in [3.05, 3.63) is 46.8 Å². The molecule has 0 bridgehead atoms. The maximum atomic E-state index is 12.5. The van der Waals surface area contributed by atoms with Crippen LogP contribution in [0.5, 0.6) is 0 Å². The van der Waals surface area contributed by atoms with Gasteiger partial charge in [-0.15, -0.1) is 11.3 Å². The molecule has 0 radical (unpaired) electrons. The number of rotatable bonds is 4. The second-order valence-electron chi connectivity index (χ2n) is 5.61. The minimum absolute atomic E-state index is 0.0782. The molecule has 1 N–H and O–H groups in total. The van der Waals surface area contributed by atoms with Crippen molar-refractivity contribution < 1.29 is 13.2 Å². The topological polar surface area (TPSA) is 66.5 Å². The van der Waals surface area contributed by atoms with Crippen LogP contribution in [0.1, 0.15) is 12.8 Å². The number of nitrogens with zero attached hydrogens (tertiary/aromatic N) is 1. The maximum absolute atomic E-state index is 12.5. The highest BCUT2D eigenvalue weighted by Crippen LogP contribution is 2.27. The van der Waals surface area contributed by atoms with E-state index in [0.29, 0.717) is 40.9 Å². The van der Waals surface area contributed by atoms with E-state index in [-0.39, 0.29) is 11.8 Å². The first-order valence-corrected chi connectivity index (χ1v) is 10.3. The molecule has 1 saturated heterocycles. The number of sulfonamides is 1. The second-order valence-corrected chi connectivity index (χ2v) is 9.16. The summed E-state index contributed by atoms with van der Waals surface area (Å²) in [5, 5.41) is 5.22. The normalized spacial score (nSPS) is 16.9. The Bertz CT molecular complexity index is 796. The molecule has 24 heavy (non-hydrogen) atoms. The molecule has 0 aliphatic carbocycles. The first-order chi connectivity index (χ1) is 11.5. The Labute approximate surface area is 150 Å². The van der Waals surface area contributed by atoms with Gasteiger partial charge in [-0.25, -0.2) is 8.42 Å². The predicted molar refractivity (Wildman–Crippen MR) is 95.9 cm³/mol. The van der Waals surface area contributed by atoms with E-state index in [1.165, 1.54) is 15.6 Å². The number of hydrogen-bond acceptors (Lipinski definition) is 4. The molecule has 0 saturated carbocycles. The van der Waals surface area contributed by atoms with E-state index < -0.39 is 10.0 Å². The lowest BCUT2D eigenvalue weighted by Gasteiger charge is -2.30. The Hall–Kier alpha value is -1.41. The Balaban J connectivity index is 1.58. The third-order valence-electron chi connectivity index (χ3n) is 4.03. The van der Waals surface area contributed by atoms with Gasteiger partial charge in [-0.2, -0.15) is 4.31 Å². The van der Waals surface area contributed by atoms with Crippen molar-refractivity contribution in [2.75, 3.05) is 18.4 Å². The largest absolute Gasteiger partial charge is 0.326 e. The van der Waals surface area contributed by atoms with Gasteiger partial charge in [-0.3, -0.25) is 4.79 Å². The molecule has 1 amide bonds. The summed E-state index contributed by atoms with van der Waals surface area (Å²) in [7, 11) is -3.43. The van der Waals surface area contributed by atoms with Gasteiger partial charge in [0.05, 0.1) is 0 Å². The Morgan fingerprint density at radius 2 is 1.83 bits per heavy atom. The van der Waals surface area contributed by atoms with Crippen molar-refractivity contribution in [3.63, 3.8) is 0 Å². The third-order valence-corrected chi connectivity index (χ3v) is 7.55. The molecule has 1 fully saturated rings. The SMILES string of the molecule is O=C(Nc1ccc(Cl)cc1)C1CCN(S(=O)(=O)c2cccs2)CC1. The average Bonchev–Trinajstić information content (AvgIpc) is 3.12. The lowest BCUT2D eigenvalue weighted by Crippen LogP contribution is -2.41. The van der Waals surface area contributed by atoms with E-state index in [1.54, 1.807) is 41.8 Å². The predicted octanol–water partition coefficient (Wildman–Crippen LogP) is 3.44. The van der Waals surface area contributed by atoms with Gasteiger partial charge in [-0.05, 0) is 48.6 Å².